The Morgan fingerprint density at radius 3 is 2.59 bits per heavy atom. The molecule has 1 amide bonds. The molecule has 0 aliphatic carbocycles. The second kappa shape index (κ2) is 9.70. The second-order valence-electron chi connectivity index (χ2n) is 6.18. The fourth-order valence-electron chi connectivity index (χ4n) is 2.45. The third-order valence-electron chi connectivity index (χ3n) is 4.07. The topological polar surface area (TPSA) is 97.7 Å². The number of nitrogens with one attached hydrogen (secondary N) is 1. The van der Waals surface area contributed by atoms with Crippen LogP contribution in [-0.2, 0) is 10.5 Å². The Labute approximate surface area is 172 Å². The van der Waals surface area contributed by atoms with Gasteiger partial charge in [-0.25, -0.2) is 5.43 Å². The zero-order valence-corrected chi connectivity index (χ0v) is 16.5. The van der Waals surface area contributed by atoms with Gasteiger partial charge in [0.05, 0.1) is 16.4 Å². The molecular formula is C21H19N3O4S. The van der Waals surface area contributed by atoms with Crippen LogP contribution < -0.4 is 5.43 Å². The number of benzene rings is 2. The van der Waals surface area contributed by atoms with Gasteiger partial charge < -0.3 is 4.42 Å². The first-order valence-corrected chi connectivity index (χ1v) is 9.91. The molecule has 148 valence electrons. The number of carbonyl (C=O) groups is 1. The maximum absolute atomic E-state index is 12.1. The summed E-state index contributed by atoms with van der Waals surface area (Å²) >= 11 is 1.53. The Morgan fingerprint density at radius 1 is 1.17 bits per heavy atom. The van der Waals surface area contributed by atoms with Crippen molar-refractivity contribution < 1.29 is 14.1 Å². The van der Waals surface area contributed by atoms with Crippen molar-refractivity contribution in [1.29, 1.82) is 0 Å². The van der Waals surface area contributed by atoms with Crippen LogP contribution in [0.2, 0.25) is 0 Å². The molecule has 0 fully saturated rings. The minimum Gasteiger partial charge on any atom is -0.455 e. The monoisotopic (exact) mass is 409 g/mol. The van der Waals surface area contributed by atoms with E-state index in [0.717, 1.165) is 11.3 Å². The van der Waals surface area contributed by atoms with E-state index in [-0.39, 0.29) is 16.8 Å². The number of thioether (sulfide) groups is 1. The molecule has 0 unspecified atom stereocenters. The molecule has 0 radical (unpaired) electrons. The third-order valence-corrected chi connectivity index (χ3v) is 5.28. The molecule has 0 aliphatic heterocycles. The number of hydrogen-bond donors (Lipinski definition) is 1. The fraction of sp³-hybridized carbons (Fsp3) is 0.143. The van der Waals surface area contributed by atoms with E-state index in [1.165, 1.54) is 30.1 Å². The first-order valence-electron chi connectivity index (χ1n) is 8.86. The van der Waals surface area contributed by atoms with E-state index in [4.69, 9.17) is 4.42 Å². The normalized spacial score (nSPS) is 12.0. The van der Waals surface area contributed by atoms with E-state index < -0.39 is 4.92 Å². The standard InChI is InChI=1S/C21H19N3O4S/c1-15(29-14-16-5-3-2-4-6-16)21(25)23-22-13-19-11-12-20(28-19)17-7-9-18(10-8-17)24(26)27/h2-13,15H,14H2,1H3,(H,23,25)/b22-13-/t15-/m1/s1. The van der Waals surface area contributed by atoms with Crippen molar-refractivity contribution in [2.24, 2.45) is 5.10 Å². The lowest BCUT2D eigenvalue weighted by atomic mass is 10.1. The average Bonchev–Trinajstić information content (AvgIpc) is 3.21. The quantitative estimate of drug-likeness (QED) is 0.332. The van der Waals surface area contributed by atoms with Crippen molar-refractivity contribution in [1.82, 2.24) is 5.43 Å². The molecule has 0 aliphatic rings. The number of carbonyl (C=O) groups excluding carboxylic acids is 1. The summed E-state index contributed by atoms with van der Waals surface area (Å²) in [6.45, 7) is 1.83. The minimum atomic E-state index is -0.453. The van der Waals surface area contributed by atoms with Crippen LogP contribution in [0.1, 0.15) is 18.2 Å². The average molecular weight is 409 g/mol. The summed E-state index contributed by atoms with van der Waals surface area (Å²) in [5.41, 5.74) is 4.40. The number of nitro benzene ring substituents is 1. The van der Waals surface area contributed by atoms with Crippen molar-refractivity contribution in [3.05, 3.63) is 88.2 Å². The number of non-ortho nitro benzene ring substituents is 1. The summed E-state index contributed by atoms with van der Waals surface area (Å²) in [5.74, 6) is 1.57. The van der Waals surface area contributed by atoms with Crippen LogP contribution in [0.25, 0.3) is 11.3 Å². The highest BCUT2D eigenvalue weighted by Gasteiger charge is 2.13. The summed E-state index contributed by atoms with van der Waals surface area (Å²) in [6.07, 6.45) is 1.42. The summed E-state index contributed by atoms with van der Waals surface area (Å²) in [6, 6.07) is 19.5. The van der Waals surface area contributed by atoms with Gasteiger partial charge in [-0.05, 0) is 36.8 Å². The van der Waals surface area contributed by atoms with E-state index in [2.05, 4.69) is 10.5 Å². The lowest BCUT2D eigenvalue weighted by Gasteiger charge is -2.09. The van der Waals surface area contributed by atoms with Crippen LogP contribution in [0.5, 0.6) is 0 Å². The smallest absolute Gasteiger partial charge is 0.269 e. The number of nitrogens with zero attached hydrogens (tertiary/aromatic N) is 2. The van der Waals surface area contributed by atoms with Gasteiger partial charge in [-0.15, -0.1) is 11.8 Å². The molecule has 29 heavy (non-hydrogen) atoms. The Balaban J connectivity index is 1.51. The molecule has 3 rings (SSSR count). The molecule has 7 nitrogen and oxygen atoms in total. The zero-order valence-electron chi connectivity index (χ0n) is 15.6. The number of hydrogen-bond acceptors (Lipinski definition) is 6. The van der Waals surface area contributed by atoms with Crippen LogP contribution in [0.15, 0.2) is 76.2 Å². The number of hydrazone groups is 1. The molecular weight excluding hydrogens is 390 g/mol. The van der Waals surface area contributed by atoms with Crippen LogP contribution >= 0.6 is 11.8 Å². The van der Waals surface area contributed by atoms with E-state index in [1.807, 2.05) is 37.3 Å². The first kappa shape index (κ1) is 20.3. The molecule has 8 heteroatoms. The molecule has 1 N–H and O–H groups in total. The fourth-order valence-corrected chi connectivity index (χ4v) is 3.29. The van der Waals surface area contributed by atoms with Crippen LogP contribution in [0.4, 0.5) is 5.69 Å². The predicted molar refractivity (Wildman–Crippen MR) is 114 cm³/mol. The molecule has 2 aromatic carbocycles. The molecule has 0 saturated carbocycles. The maximum Gasteiger partial charge on any atom is 0.269 e. The number of nitro groups is 1. The van der Waals surface area contributed by atoms with Crippen LogP contribution in [0, 0.1) is 10.1 Å². The summed E-state index contributed by atoms with van der Waals surface area (Å²) in [4.78, 5) is 22.4. The van der Waals surface area contributed by atoms with E-state index in [9.17, 15) is 14.9 Å². The lowest BCUT2D eigenvalue weighted by Crippen LogP contribution is -2.26. The zero-order chi connectivity index (χ0) is 20.6. The Morgan fingerprint density at radius 2 is 1.90 bits per heavy atom. The van der Waals surface area contributed by atoms with Gasteiger partial charge in [0.15, 0.2) is 0 Å². The van der Waals surface area contributed by atoms with Crippen molar-refractivity contribution in [2.45, 2.75) is 17.9 Å². The highest BCUT2D eigenvalue weighted by molar-refractivity contribution is 7.99. The van der Waals surface area contributed by atoms with Crippen LogP contribution in [0.3, 0.4) is 0 Å². The molecule has 3 aromatic rings. The Kier molecular flexibility index (Phi) is 6.80. The van der Waals surface area contributed by atoms with E-state index in [0.29, 0.717) is 17.1 Å². The van der Waals surface area contributed by atoms with Crippen molar-refractivity contribution in [3.8, 4) is 11.3 Å². The summed E-state index contributed by atoms with van der Waals surface area (Å²) in [7, 11) is 0. The lowest BCUT2D eigenvalue weighted by molar-refractivity contribution is -0.384. The molecule has 1 aromatic heterocycles. The van der Waals surface area contributed by atoms with Gasteiger partial charge in [0.25, 0.3) is 11.6 Å². The largest absolute Gasteiger partial charge is 0.455 e. The van der Waals surface area contributed by atoms with Gasteiger partial charge >= 0.3 is 0 Å². The first-order chi connectivity index (χ1) is 14.0. The van der Waals surface area contributed by atoms with Gasteiger partial charge in [-0.1, -0.05) is 30.3 Å². The molecule has 0 saturated heterocycles. The second-order valence-corrected chi connectivity index (χ2v) is 7.51. The van der Waals surface area contributed by atoms with E-state index >= 15 is 0 Å². The molecule has 0 spiro atoms. The Bertz CT molecular complexity index is 1000. The molecule has 0 bridgehead atoms. The number of furan rings is 1. The van der Waals surface area contributed by atoms with Gasteiger partial charge in [-0.2, -0.15) is 5.10 Å². The highest BCUT2D eigenvalue weighted by atomic mass is 32.2. The SMILES string of the molecule is C[C@@H](SCc1ccccc1)C(=O)N/N=C\c1ccc(-c2ccc([N+](=O)[O-])cc2)o1. The Hall–Kier alpha value is -3.39. The van der Waals surface area contributed by atoms with Gasteiger partial charge in [0, 0.05) is 23.4 Å². The predicted octanol–water partition coefficient (Wildman–Crippen LogP) is 4.63. The maximum atomic E-state index is 12.1. The van der Waals surface area contributed by atoms with Crippen molar-refractivity contribution in [3.63, 3.8) is 0 Å². The van der Waals surface area contributed by atoms with Gasteiger partial charge in [0.2, 0.25) is 0 Å². The van der Waals surface area contributed by atoms with Gasteiger partial charge in [0.1, 0.15) is 11.5 Å². The number of amides is 1. The molecule has 1 atom stereocenters. The van der Waals surface area contributed by atoms with Crippen LogP contribution in [-0.4, -0.2) is 22.3 Å². The van der Waals surface area contributed by atoms with E-state index in [1.54, 1.807) is 24.3 Å². The summed E-state index contributed by atoms with van der Waals surface area (Å²) in [5, 5.41) is 14.4. The highest BCUT2D eigenvalue weighted by Crippen LogP contribution is 2.24. The van der Waals surface area contributed by atoms with Gasteiger partial charge in [-0.3, -0.25) is 14.9 Å². The summed E-state index contributed by atoms with van der Waals surface area (Å²) < 4.78 is 5.64. The molecule has 1 heterocycles. The third kappa shape index (κ3) is 5.79. The van der Waals surface area contributed by atoms with Crippen molar-refractivity contribution in [2.75, 3.05) is 0 Å². The minimum absolute atomic E-state index is 0.0176. The number of rotatable bonds is 8. The van der Waals surface area contributed by atoms with Crippen molar-refractivity contribution >= 4 is 29.6 Å².